The van der Waals surface area contributed by atoms with Gasteiger partial charge in [-0.2, -0.15) is 0 Å². The summed E-state index contributed by atoms with van der Waals surface area (Å²) in [7, 11) is 0. The molecule has 16 heavy (non-hydrogen) atoms. The van der Waals surface area contributed by atoms with E-state index in [0.717, 1.165) is 25.4 Å². The monoisotopic (exact) mass is 222 g/mol. The highest BCUT2D eigenvalue weighted by Crippen LogP contribution is 2.05. The summed E-state index contributed by atoms with van der Waals surface area (Å²) in [5.74, 6) is 0. The Kier molecular flexibility index (Phi) is 4.90. The fourth-order valence-corrected chi connectivity index (χ4v) is 1.34. The average Bonchev–Trinajstić information content (AvgIpc) is 2.18. The van der Waals surface area contributed by atoms with Crippen molar-refractivity contribution in [3.05, 3.63) is 29.6 Å². The lowest BCUT2D eigenvalue weighted by atomic mass is 10.2. The second kappa shape index (κ2) is 5.97. The molecular formula is C13H22N2O. The van der Waals surface area contributed by atoms with Crippen LogP contribution in [0.1, 0.15) is 32.0 Å². The molecule has 3 nitrogen and oxygen atoms in total. The molecule has 0 unspecified atom stereocenters. The minimum Gasteiger partial charge on any atom is -0.375 e. The molecule has 1 aromatic heterocycles. The van der Waals surface area contributed by atoms with Crippen LogP contribution in [0, 0.1) is 6.92 Å². The summed E-state index contributed by atoms with van der Waals surface area (Å²) >= 11 is 0. The first-order valence-corrected chi connectivity index (χ1v) is 5.74. The maximum Gasteiger partial charge on any atom is 0.0599 e. The second-order valence-corrected chi connectivity index (χ2v) is 4.90. The zero-order valence-corrected chi connectivity index (χ0v) is 10.7. The first kappa shape index (κ1) is 13.1. The van der Waals surface area contributed by atoms with Crippen LogP contribution in [0.25, 0.3) is 0 Å². The zero-order chi connectivity index (χ0) is 12.0. The minimum atomic E-state index is -0.0530. The third kappa shape index (κ3) is 5.24. The van der Waals surface area contributed by atoms with Crippen LogP contribution in [0.5, 0.6) is 0 Å². The Morgan fingerprint density at radius 1 is 1.38 bits per heavy atom. The third-order valence-corrected chi connectivity index (χ3v) is 2.22. The van der Waals surface area contributed by atoms with Gasteiger partial charge in [0.05, 0.1) is 17.9 Å². The summed E-state index contributed by atoms with van der Waals surface area (Å²) in [6.45, 7) is 10.7. The molecule has 0 bridgehead atoms. The van der Waals surface area contributed by atoms with Crippen LogP contribution in [-0.2, 0) is 11.3 Å². The lowest BCUT2D eigenvalue weighted by Crippen LogP contribution is -2.26. The summed E-state index contributed by atoms with van der Waals surface area (Å²) in [4.78, 5) is 4.32. The van der Waals surface area contributed by atoms with E-state index in [1.165, 1.54) is 5.56 Å². The molecular weight excluding hydrogens is 200 g/mol. The van der Waals surface area contributed by atoms with Crippen LogP contribution in [0.2, 0.25) is 0 Å². The van der Waals surface area contributed by atoms with Gasteiger partial charge in [0.1, 0.15) is 0 Å². The van der Waals surface area contributed by atoms with Crippen molar-refractivity contribution in [1.29, 1.82) is 0 Å². The highest BCUT2D eigenvalue weighted by molar-refractivity contribution is 5.17. The Bertz CT molecular complexity index is 318. The van der Waals surface area contributed by atoms with Crippen molar-refractivity contribution >= 4 is 0 Å². The normalized spacial score (nSPS) is 11.8. The number of hydrogen-bond donors (Lipinski definition) is 1. The smallest absolute Gasteiger partial charge is 0.0599 e. The van der Waals surface area contributed by atoms with Gasteiger partial charge in [-0.15, -0.1) is 0 Å². The second-order valence-electron chi connectivity index (χ2n) is 4.90. The van der Waals surface area contributed by atoms with E-state index in [1.807, 2.05) is 12.3 Å². The standard InChI is InChI=1S/C13H22N2O/c1-11-6-5-7-15-12(11)10-14-8-9-16-13(2,3)4/h5-7,14H,8-10H2,1-4H3. The molecule has 0 aromatic carbocycles. The van der Waals surface area contributed by atoms with Crippen LogP contribution in [-0.4, -0.2) is 23.7 Å². The molecule has 0 spiro atoms. The van der Waals surface area contributed by atoms with E-state index in [9.17, 15) is 0 Å². The Hall–Kier alpha value is -0.930. The molecule has 0 aliphatic heterocycles. The van der Waals surface area contributed by atoms with Gasteiger partial charge < -0.3 is 10.1 Å². The molecule has 1 aromatic rings. The van der Waals surface area contributed by atoms with Crippen LogP contribution in [0.15, 0.2) is 18.3 Å². The van der Waals surface area contributed by atoms with Crippen molar-refractivity contribution in [2.45, 2.75) is 39.8 Å². The Labute approximate surface area is 98.2 Å². The van der Waals surface area contributed by atoms with Crippen molar-refractivity contribution < 1.29 is 4.74 Å². The van der Waals surface area contributed by atoms with Gasteiger partial charge in [0.25, 0.3) is 0 Å². The molecule has 0 saturated heterocycles. The number of aryl methyl sites for hydroxylation is 1. The fourth-order valence-electron chi connectivity index (χ4n) is 1.34. The maximum absolute atomic E-state index is 5.61. The summed E-state index contributed by atoms with van der Waals surface area (Å²) in [5, 5.41) is 3.33. The number of aromatic nitrogens is 1. The summed E-state index contributed by atoms with van der Waals surface area (Å²) in [5.41, 5.74) is 2.28. The minimum absolute atomic E-state index is 0.0530. The van der Waals surface area contributed by atoms with Gasteiger partial charge in [-0.05, 0) is 39.3 Å². The molecule has 0 atom stereocenters. The Morgan fingerprint density at radius 3 is 2.75 bits per heavy atom. The topological polar surface area (TPSA) is 34.2 Å². The summed E-state index contributed by atoms with van der Waals surface area (Å²) in [6, 6.07) is 4.04. The van der Waals surface area contributed by atoms with Crippen LogP contribution < -0.4 is 5.32 Å². The predicted octanol–water partition coefficient (Wildman–Crippen LogP) is 2.29. The average molecular weight is 222 g/mol. The number of pyridine rings is 1. The van der Waals surface area contributed by atoms with E-state index in [-0.39, 0.29) is 5.60 Å². The molecule has 0 aliphatic rings. The van der Waals surface area contributed by atoms with Crippen molar-refractivity contribution in [2.24, 2.45) is 0 Å². The quantitative estimate of drug-likeness (QED) is 0.776. The SMILES string of the molecule is Cc1cccnc1CNCCOC(C)(C)C. The van der Waals surface area contributed by atoms with Crippen LogP contribution in [0.3, 0.4) is 0 Å². The lowest BCUT2D eigenvalue weighted by molar-refractivity contribution is -0.000909. The van der Waals surface area contributed by atoms with E-state index in [1.54, 1.807) is 0 Å². The van der Waals surface area contributed by atoms with E-state index < -0.39 is 0 Å². The van der Waals surface area contributed by atoms with Crippen molar-refractivity contribution in [1.82, 2.24) is 10.3 Å². The Balaban J connectivity index is 2.19. The molecule has 0 fully saturated rings. The highest BCUT2D eigenvalue weighted by Gasteiger charge is 2.08. The molecule has 0 saturated carbocycles. The van der Waals surface area contributed by atoms with Gasteiger partial charge in [-0.3, -0.25) is 4.98 Å². The van der Waals surface area contributed by atoms with E-state index in [4.69, 9.17) is 4.74 Å². The number of nitrogens with one attached hydrogen (secondary N) is 1. The van der Waals surface area contributed by atoms with Crippen LogP contribution >= 0.6 is 0 Å². The molecule has 90 valence electrons. The summed E-state index contributed by atoms with van der Waals surface area (Å²) in [6.07, 6.45) is 1.83. The van der Waals surface area contributed by atoms with Gasteiger partial charge in [0.2, 0.25) is 0 Å². The van der Waals surface area contributed by atoms with Gasteiger partial charge in [-0.1, -0.05) is 6.07 Å². The van der Waals surface area contributed by atoms with Crippen molar-refractivity contribution in [3.8, 4) is 0 Å². The molecule has 3 heteroatoms. The number of hydrogen-bond acceptors (Lipinski definition) is 3. The first-order chi connectivity index (χ1) is 7.49. The molecule has 0 radical (unpaired) electrons. The first-order valence-electron chi connectivity index (χ1n) is 5.74. The lowest BCUT2D eigenvalue weighted by Gasteiger charge is -2.19. The predicted molar refractivity (Wildman–Crippen MR) is 66.4 cm³/mol. The zero-order valence-electron chi connectivity index (χ0n) is 10.7. The molecule has 0 amide bonds. The fraction of sp³-hybridized carbons (Fsp3) is 0.615. The van der Waals surface area contributed by atoms with E-state index >= 15 is 0 Å². The molecule has 1 N–H and O–H groups in total. The van der Waals surface area contributed by atoms with E-state index in [2.05, 4.69) is 44.1 Å². The van der Waals surface area contributed by atoms with Gasteiger partial charge in [0, 0.05) is 19.3 Å². The number of rotatable bonds is 5. The van der Waals surface area contributed by atoms with E-state index in [0.29, 0.717) is 0 Å². The van der Waals surface area contributed by atoms with Gasteiger partial charge >= 0.3 is 0 Å². The molecule has 0 aliphatic carbocycles. The largest absolute Gasteiger partial charge is 0.375 e. The highest BCUT2D eigenvalue weighted by atomic mass is 16.5. The van der Waals surface area contributed by atoms with Crippen molar-refractivity contribution in [3.63, 3.8) is 0 Å². The maximum atomic E-state index is 5.61. The molecule has 1 heterocycles. The van der Waals surface area contributed by atoms with Crippen molar-refractivity contribution in [2.75, 3.05) is 13.2 Å². The number of nitrogens with zero attached hydrogens (tertiary/aromatic N) is 1. The number of ether oxygens (including phenoxy) is 1. The molecule has 1 rings (SSSR count). The summed E-state index contributed by atoms with van der Waals surface area (Å²) < 4.78 is 5.61. The van der Waals surface area contributed by atoms with Gasteiger partial charge in [-0.25, -0.2) is 0 Å². The van der Waals surface area contributed by atoms with Crippen LogP contribution in [0.4, 0.5) is 0 Å². The Morgan fingerprint density at radius 2 is 2.12 bits per heavy atom. The third-order valence-electron chi connectivity index (χ3n) is 2.22. The van der Waals surface area contributed by atoms with Gasteiger partial charge in [0.15, 0.2) is 0 Å².